The molecule has 96 valence electrons. The molecule has 0 spiro atoms. The standard InChI is InChI=1S/C13H18N4O/c14-9-11(10-15)16-12-3-1-2-4-13(12)17-5-7-18-8-6-17/h12-13H,1-8H2. The van der Waals surface area contributed by atoms with Crippen molar-refractivity contribution in [3.8, 4) is 12.1 Å². The van der Waals surface area contributed by atoms with Crippen LogP contribution >= 0.6 is 0 Å². The fraction of sp³-hybridized carbons (Fsp3) is 0.769. The Balaban J connectivity index is 2.08. The first-order valence-electron chi connectivity index (χ1n) is 6.55. The molecule has 0 aromatic rings. The predicted octanol–water partition coefficient (Wildman–Crippen LogP) is 1.12. The minimum absolute atomic E-state index is 0.0140. The number of nitrogens with zero attached hydrogens (tertiary/aromatic N) is 4. The molecule has 2 unspecified atom stereocenters. The number of ether oxygens (including phenoxy) is 1. The maximum atomic E-state index is 8.82. The lowest BCUT2D eigenvalue weighted by Crippen LogP contribution is -2.49. The van der Waals surface area contributed by atoms with Crippen LogP contribution in [0.15, 0.2) is 4.99 Å². The van der Waals surface area contributed by atoms with Crippen molar-refractivity contribution >= 4 is 5.71 Å². The quantitative estimate of drug-likeness (QED) is 0.684. The number of aliphatic imine (C=N–C) groups is 1. The molecule has 1 saturated heterocycles. The van der Waals surface area contributed by atoms with Crippen molar-refractivity contribution in [2.24, 2.45) is 4.99 Å². The summed E-state index contributed by atoms with van der Waals surface area (Å²) >= 11 is 0. The highest BCUT2D eigenvalue weighted by Crippen LogP contribution is 2.26. The first-order chi connectivity index (χ1) is 8.85. The Bertz CT molecular complexity index is 371. The summed E-state index contributed by atoms with van der Waals surface area (Å²) in [5.41, 5.74) is 0.0140. The van der Waals surface area contributed by atoms with Crippen molar-refractivity contribution in [1.82, 2.24) is 4.90 Å². The Morgan fingerprint density at radius 1 is 1.11 bits per heavy atom. The van der Waals surface area contributed by atoms with E-state index < -0.39 is 0 Å². The van der Waals surface area contributed by atoms with E-state index in [9.17, 15) is 0 Å². The summed E-state index contributed by atoms with van der Waals surface area (Å²) in [6.07, 6.45) is 4.44. The summed E-state index contributed by atoms with van der Waals surface area (Å²) in [4.78, 5) is 6.75. The maximum absolute atomic E-state index is 8.82. The van der Waals surface area contributed by atoms with E-state index in [4.69, 9.17) is 15.3 Å². The van der Waals surface area contributed by atoms with Gasteiger partial charge >= 0.3 is 0 Å². The summed E-state index contributed by atoms with van der Waals surface area (Å²) in [6, 6.07) is 4.21. The van der Waals surface area contributed by atoms with Crippen LogP contribution in [0.3, 0.4) is 0 Å². The molecule has 0 radical (unpaired) electrons. The zero-order chi connectivity index (χ0) is 12.8. The third kappa shape index (κ3) is 3.07. The Kier molecular flexibility index (Phi) is 4.69. The van der Waals surface area contributed by atoms with Crippen LogP contribution in [0.2, 0.25) is 0 Å². The molecular weight excluding hydrogens is 228 g/mol. The first-order valence-corrected chi connectivity index (χ1v) is 6.55. The molecule has 0 N–H and O–H groups in total. The Morgan fingerprint density at radius 2 is 1.78 bits per heavy atom. The summed E-state index contributed by atoms with van der Waals surface area (Å²) in [7, 11) is 0. The molecule has 0 aromatic heterocycles. The fourth-order valence-corrected chi connectivity index (χ4v) is 2.83. The van der Waals surface area contributed by atoms with E-state index in [1.807, 2.05) is 12.1 Å². The third-order valence-corrected chi connectivity index (χ3v) is 3.72. The number of hydrogen-bond donors (Lipinski definition) is 0. The molecule has 0 aromatic carbocycles. The summed E-state index contributed by atoms with van der Waals surface area (Å²) in [6.45, 7) is 3.42. The van der Waals surface area contributed by atoms with Crippen LogP contribution in [0, 0.1) is 22.7 Å². The Labute approximate surface area is 108 Å². The van der Waals surface area contributed by atoms with Crippen LogP contribution in [-0.4, -0.2) is 49.0 Å². The van der Waals surface area contributed by atoms with Crippen molar-refractivity contribution in [3.63, 3.8) is 0 Å². The number of rotatable bonds is 2. The van der Waals surface area contributed by atoms with Crippen LogP contribution in [0.1, 0.15) is 25.7 Å². The second-order valence-electron chi connectivity index (χ2n) is 4.77. The molecule has 2 atom stereocenters. The molecular formula is C13H18N4O. The Morgan fingerprint density at radius 3 is 2.44 bits per heavy atom. The summed E-state index contributed by atoms with van der Waals surface area (Å²) in [5.74, 6) is 0. The van der Waals surface area contributed by atoms with Crippen molar-refractivity contribution in [3.05, 3.63) is 0 Å². The molecule has 0 amide bonds. The zero-order valence-electron chi connectivity index (χ0n) is 10.5. The monoisotopic (exact) mass is 246 g/mol. The molecule has 5 heteroatoms. The highest BCUT2D eigenvalue weighted by Gasteiger charge is 2.31. The molecule has 2 fully saturated rings. The maximum Gasteiger partial charge on any atom is 0.213 e. The normalized spacial score (nSPS) is 29.0. The van der Waals surface area contributed by atoms with Gasteiger partial charge in [0.2, 0.25) is 5.71 Å². The minimum Gasteiger partial charge on any atom is -0.379 e. The molecule has 0 bridgehead atoms. The average molecular weight is 246 g/mol. The van der Waals surface area contributed by atoms with Gasteiger partial charge < -0.3 is 4.74 Å². The fourth-order valence-electron chi connectivity index (χ4n) is 2.83. The topological polar surface area (TPSA) is 72.4 Å². The van der Waals surface area contributed by atoms with E-state index in [2.05, 4.69) is 9.89 Å². The molecule has 1 aliphatic heterocycles. The average Bonchev–Trinajstić information content (AvgIpc) is 2.46. The van der Waals surface area contributed by atoms with Gasteiger partial charge in [0.15, 0.2) is 0 Å². The van der Waals surface area contributed by atoms with Gasteiger partial charge in [0.1, 0.15) is 12.1 Å². The van der Waals surface area contributed by atoms with Gasteiger partial charge in [0.05, 0.1) is 19.3 Å². The van der Waals surface area contributed by atoms with Crippen molar-refractivity contribution in [1.29, 1.82) is 10.5 Å². The SMILES string of the molecule is N#CC(C#N)=NC1CCCCC1N1CCOCC1. The molecule has 18 heavy (non-hydrogen) atoms. The van der Waals surface area contributed by atoms with Crippen molar-refractivity contribution < 1.29 is 4.74 Å². The largest absolute Gasteiger partial charge is 0.379 e. The lowest BCUT2D eigenvalue weighted by atomic mass is 9.89. The van der Waals surface area contributed by atoms with E-state index in [0.29, 0.717) is 6.04 Å². The highest BCUT2D eigenvalue weighted by molar-refractivity contribution is 6.10. The van der Waals surface area contributed by atoms with Gasteiger partial charge in [-0.25, -0.2) is 0 Å². The predicted molar refractivity (Wildman–Crippen MR) is 67.1 cm³/mol. The smallest absolute Gasteiger partial charge is 0.213 e. The van der Waals surface area contributed by atoms with Gasteiger partial charge in [-0.3, -0.25) is 9.89 Å². The number of nitriles is 2. The lowest BCUT2D eigenvalue weighted by molar-refractivity contribution is 0.00400. The van der Waals surface area contributed by atoms with Crippen LogP contribution in [0.5, 0.6) is 0 Å². The molecule has 2 rings (SSSR count). The van der Waals surface area contributed by atoms with Gasteiger partial charge in [-0.15, -0.1) is 0 Å². The van der Waals surface area contributed by atoms with E-state index in [-0.39, 0.29) is 11.8 Å². The second kappa shape index (κ2) is 6.49. The van der Waals surface area contributed by atoms with E-state index in [0.717, 1.165) is 45.6 Å². The molecule has 2 aliphatic rings. The van der Waals surface area contributed by atoms with Gasteiger partial charge in [-0.2, -0.15) is 10.5 Å². The van der Waals surface area contributed by atoms with E-state index >= 15 is 0 Å². The molecule has 5 nitrogen and oxygen atoms in total. The number of morpholine rings is 1. The van der Waals surface area contributed by atoms with Crippen LogP contribution in [-0.2, 0) is 4.74 Å². The van der Waals surface area contributed by atoms with E-state index in [1.54, 1.807) is 0 Å². The highest BCUT2D eigenvalue weighted by atomic mass is 16.5. The summed E-state index contributed by atoms with van der Waals surface area (Å²) in [5, 5.41) is 17.6. The second-order valence-corrected chi connectivity index (χ2v) is 4.77. The van der Waals surface area contributed by atoms with Crippen LogP contribution in [0.25, 0.3) is 0 Å². The van der Waals surface area contributed by atoms with Crippen LogP contribution < -0.4 is 0 Å². The number of hydrogen-bond acceptors (Lipinski definition) is 5. The Hall–Kier alpha value is -1.43. The molecule has 1 saturated carbocycles. The van der Waals surface area contributed by atoms with E-state index in [1.165, 1.54) is 6.42 Å². The van der Waals surface area contributed by atoms with Gasteiger partial charge in [0, 0.05) is 19.1 Å². The van der Waals surface area contributed by atoms with Crippen LogP contribution in [0.4, 0.5) is 0 Å². The first kappa shape index (κ1) is 13.0. The zero-order valence-corrected chi connectivity index (χ0v) is 10.5. The minimum atomic E-state index is 0.0140. The van der Waals surface area contributed by atoms with Crippen molar-refractivity contribution in [2.45, 2.75) is 37.8 Å². The van der Waals surface area contributed by atoms with Crippen molar-refractivity contribution in [2.75, 3.05) is 26.3 Å². The van der Waals surface area contributed by atoms with Gasteiger partial charge in [-0.05, 0) is 12.8 Å². The van der Waals surface area contributed by atoms with Gasteiger partial charge in [-0.1, -0.05) is 12.8 Å². The van der Waals surface area contributed by atoms with Gasteiger partial charge in [0.25, 0.3) is 0 Å². The molecule has 1 heterocycles. The lowest BCUT2D eigenvalue weighted by Gasteiger charge is -2.40. The summed E-state index contributed by atoms with van der Waals surface area (Å²) < 4.78 is 5.37. The molecule has 1 aliphatic carbocycles. The third-order valence-electron chi connectivity index (χ3n) is 3.72.